The molecule has 0 spiro atoms. The van der Waals surface area contributed by atoms with Crippen molar-refractivity contribution in [3.63, 3.8) is 0 Å². The third-order valence-electron chi connectivity index (χ3n) is 3.06. The van der Waals surface area contributed by atoms with E-state index in [4.69, 9.17) is 16.7 Å². The van der Waals surface area contributed by atoms with Gasteiger partial charge in [0.05, 0.1) is 0 Å². The molecule has 0 radical (unpaired) electrons. The van der Waals surface area contributed by atoms with Gasteiger partial charge in [0.15, 0.2) is 0 Å². The maximum atomic E-state index is 13.5. The SMILES string of the molecule is CC(C)CC(NCCCc1c(F)cccc1Cl)C(=O)O. The summed E-state index contributed by atoms with van der Waals surface area (Å²) in [5.74, 6) is -0.846. The fraction of sp³-hybridized carbons (Fsp3) is 0.533. The first kappa shape index (κ1) is 16.9. The van der Waals surface area contributed by atoms with E-state index in [1.807, 2.05) is 13.8 Å². The standard InChI is InChI=1S/C15H21ClFNO2/c1-10(2)9-14(15(19)20)18-8-4-5-11-12(16)6-3-7-13(11)17/h3,6-7,10,14,18H,4-5,8-9H2,1-2H3,(H,19,20). The van der Waals surface area contributed by atoms with Crippen molar-refractivity contribution < 1.29 is 14.3 Å². The first-order valence-electron chi connectivity index (χ1n) is 6.81. The summed E-state index contributed by atoms with van der Waals surface area (Å²) in [6.07, 6.45) is 1.71. The minimum atomic E-state index is -0.845. The Morgan fingerprint density at radius 2 is 2.15 bits per heavy atom. The van der Waals surface area contributed by atoms with Gasteiger partial charge in [-0.3, -0.25) is 4.79 Å². The van der Waals surface area contributed by atoms with Crippen molar-refractivity contribution in [2.45, 2.75) is 39.2 Å². The lowest BCUT2D eigenvalue weighted by atomic mass is 10.0. The number of carbonyl (C=O) groups is 1. The Labute approximate surface area is 124 Å². The molecule has 0 saturated heterocycles. The lowest BCUT2D eigenvalue weighted by Gasteiger charge is -2.16. The molecule has 5 heteroatoms. The summed E-state index contributed by atoms with van der Waals surface area (Å²) in [7, 11) is 0. The summed E-state index contributed by atoms with van der Waals surface area (Å²) in [6.45, 7) is 4.49. The average Bonchev–Trinajstić information content (AvgIpc) is 2.35. The van der Waals surface area contributed by atoms with Crippen LogP contribution in [0.3, 0.4) is 0 Å². The van der Waals surface area contributed by atoms with Crippen LogP contribution in [0, 0.1) is 11.7 Å². The van der Waals surface area contributed by atoms with Crippen LogP contribution < -0.4 is 5.32 Å². The Balaban J connectivity index is 2.42. The van der Waals surface area contributed by atoms with E-state index in [0.717, 1.165) is 0 Å². The highest BCUT2D eigenvalue weighted by atomic mass is 35.5. The van der Waals surface area contributed by atoms with Crippen LogP contribution in [-0.2, 0) is 11.2 Å². The molecule has 20 heavy (non-hydrogen) atoms. The molecule has 2 N–H and O–H groups in total. The Hall–Kier alpha value is -1.13. The van der Waals surface area contributed by atoms with Gasteiger partial charge in [0.2, 0.25) is 0 Å². The van der Waals surface area contributed by atoms with Crippen LogP contribution in [0.5, 0.6) is 0 Å². The molecule has 0 heterocycles. The molecule has 0 amide bonds. The number of hydrogen-bond donors (Lipinski definition) is 2. The zero-order valence-corrected chi connectivity index (χ0v) is 12.6. The number of rotatable bonds is 8. The zero-order chi connectivity index (χ0) is 15.1. The minimum absolute atomic E-state index is 0.310. The molecule has 0 aliphatic carbocycles. The van der Waals surface area contributed by atoms with Gasteiger partial charge in [-0.25, -0.2) is 4.39 Å². The molecule has 1 unspecified atom stereocenters. The quantitative estimate of drug-likeness (QED) is 0.723. The van der Waals surface area contributed by atoms with Crippen LogP contribution in [0.2, 0.25) is 5.02 Å². The number of carboxylic acid groups (broad SMARTS) is 1. The number of halogens is 2. The molecule has 0 aliphatic rings. The van der Waals surface area contributed by atoms with Crippen molar-refractivity contribution in [2.24, 2.45) is 5.92 Å². The number of nitrogens with one attached hydrogen (secondary N) is 1. The second-order valence-corrected chi connectivity index (χ2v) is 5.69. The van der Waals surface area contributed by atoms with E-state index < -0.39 is 12.0 Å². The van der Waals surface area contributed by atoms with Crippen LogP contribution in [0.15, 0.2) is 18.2 Å². The maximum Gasteiger partial charge on any atom is 0.320 e. The van der Waals surface area contributed by atoms with Crippen LogP contribution >= 0.6 is 11.6 Å². The van der Waals surface area contributed by atoms with Crippen molar-refractivity contribution in [2.75, 3.05) is 6.54 Å². The Bertz CT molecular complexity index is 431. The van der Waals surface area contributed by atoms with E-state index >= 15 is 0 Å². The average molecular weight is 302 g/mol. The van der Waals surface area contributed by atoms with E-state index in [1.165, 1.54) is 6.07 Å². The largest absolute Gasteiger partial charge is 0.480 e. The molecule has 0 saturated carbocycles. The minimum Gasteiger partial charge on any atom is -0.480 e. The van der Waals surface area contributed by atoms with Gasteiger partial charge in [-0.15, -0.1) is 0 Å². The lowest BCUT2D eigenvalue weighted by Crippen LogP contribution is -2.38. The highest BCUT2D eigenvalue weighted by Crippen LogP contribution is 2.20. The smallest absolute Gasteiger partial charge is 0.320 e. The zero-order valence-electron chi connectivity index (χ0n) is 11.8. The van der Waals surface area contributed by atoms with Crippen LogP contribution in [0.4, 0.5) is 4.39 Å². The van der Waals surface area contributed by atoms with Gasteiger partial charge in [-0.1, -0.05) is 31.5 Å². The predicted molar refractivity (Wildman–Crippen MR) is 78.6 cm³/mol. The molecule has 3 nitrogen and oxygen atoms in total. The van der Waals surface area contributed by atoms with Crippen molar-refractivity contribution in [1.82, 2.24) is 5.32 Å². The van der Waals surface area contributed by atoms with Gasteiger partial charge >= 0.3 is 5.97 Å². The van der Waals surface area contributed by atoms with E-state index in [2.05, 4.69) is 5.32 Å². The fourth-order valence-electron chi connectivity index (χ4n) is 2.06. The van der Waals surface area contributed by atoms with Gasteiger partial charge in [0.25, 0.3) is 0 Å². The Morgan fingerprint density at radius 3 is 2.70 bits per heavy atom. The second kappa shape index (κ2) is 8.22. The van der Waals surface area contributed by atoms with E-state index in [1.54, 1.807) is 12.1 Å². The van der Waals surface area contributed by atoms with E-state index in [9.17, 15) is 9.18 Å². The molecular weight excluding hydrogens is 281 g/mol. The molecule has 0 fully saturated rings. The second-order valence-electron chi connectivity index (χ2n) is 5.28. The molecule has 1 aromatic rings. The summed E-state index contributed by atoms with van der Waals surface area (Å²) in [5.41, 5.74) is 0.492. The van der Waals surface area contributed by atoms with Gasteiger partial charge in [0.1, 0.15) is 11.9 Å². The topological polar surface area (TPSA) is 49.3 Å². The van der Waals surface area contributed by atoms with Gasteiger partial charge in [0, 0.05) is 10.6 Å². The number of benzene rings is 1. The van der Waals surface area contributed by atoms with Crippen molar-refractivity contribution >= 4 is 17.6 Å². The highest BCUT2D eigenvalue weighted by Gasteiger charge is 2.17. The van der Waals surface area contributed by atoms with Crippen molar-refractivity contribution in [1.29, 1.82) is 0 Å². The first-order chi connectivity index (χ1) is 9.41. The summed E-state index contributed by atoms with van der Waals surface area (Å²) in [5, 5.41) is 12.5. The Morgan fingerprint density at radius 1 is 1.45 bits per heavy atom. The third-order valence-corrected chi connectivity index (χ3v) is 3.42. The molecule has 0 aromatic heterocycles. The number of aliphatic carboxylic acids is 1. The molecule has 0 bridgehead atoms. The normalized spacial score (nSPS) is 12.7. The highest BCUT2D eigenvalue weighted by molar-refractivity contribution is 6.31. The number of hydrogen-bond acceptors (Lipinski definition) is 2. The molecular formula is C15H21ClFNO2. The summed E-state index contributed by atoms with van der Waals surface area (Å²) >= 11 is 5.94. The van der Waals surface area contributed by atoms with Gasteiger partial charge < -0.3 is 10.4 Å². The third kappa shape index (κ3) is 5.47. The van der Waals surface area contributed by atoms with Gasteiger partial charge in [-0.2, -0.15) is 0 Å². The molecule has 1 atom stereocenters. The molecule has 1 aromatic carbocycles. The maximum absolute atomic E-state index is 13.5. The summed E-state index contributed by atoms with van der Waals surface area (Å²) < 4.78 is 13.5. The summed E-state index contributed by atoms with van der Waals surface area (Å²) in [4.78, 5) is 11.1. The predicted octanol–water partition coefficient (Wildman–Crippen LogP) is 3.50. The monoisotopic (exact) mass is 301 g/mol. The molecule has 0 aliphatic heterocycles. The summed E-state index contributed by atoms with van der Waals surface area (Å²) in [6, 6.07) is 4.06. The van der Waals surface area contributed by atoms with Gasteiger partial charge in [-0.05, 0) is 43.9 Å². The van der Waals surface area contributed by atoms with Crippen LogP contribution in [0.25, 0.3) is 0 Å². The fourth-order valence-corrected chi connectivity index (χ4v) is 2.31. The van der Waals surface area contributed by atoms with Crippen molar-refractivity contribution in [3.05, 3.63) is 34.6 Å². The van der Waals surface area contributed by atoms with E-state index in [-0.39, 0.29) is 5.82 Å². The molecule has 1 rings (SSSR count). The molecule has 112 valence electrons. The van der Waals surface area contributed by atoms with E-state index in [0.29, 0.717) is 42.3 Å². The van der Waals surface area contributed by atoms with Crippen molar-refractivity contribution in [3.8, 4) is 0 Å². The lowest BCUT2D eigenvalue weighted by molar-refractivity contribution is -0.139. The van der Waals surface area contributed by atoms with Crippen LogP contribution in [-0.4, -0.2) is 23.7 Å². The van der Waals surface area contributed by atoms with Crippen LogP contribution in [0.1, 0.15) is 32.3 Å². The number of carboxylic acids is 1. The Kier molecular flexibility index (Phi) is 6.96. The first-order valence-corrected chi connectivity index (χ1v) is 7.18.